The fourth-order valence-corrected chi connectivity index (χ4v) is 4.01. The number of hydrogen-bond acceptors (Lipinski definition) is 5. The van der Waals surface area contributed by atoms with E-state index in [9.17, 15) is 13.2 Å². The highest BCUT2D eigenvalue weighted by Gasteiger charge is 2.17. The number of fused-ring (bicyclic) bond motifs is 1. The molecule has 0 saturated heterocycles. The summed E-state index contributed by atoms with van der Waals surface area (Å²) in [7, 11) is -4.62. The maximum Gasteiger partial charge on any atom is 0.446 e. The van der Waals surface area contributed by atoms with Gasteiger partial charge in [0.15, 0.2) is 0 Å². The average molecular weight is 366 g/mol. The van der Waals surface area contributed by atoms with Crippen molar-refractivity contribution in [1.82, 2.24) is 0 Å². The molecule has 1 heterocycles. The summed E-state index contributed by atoms with van der Waals surface area (Å²) in [5, 5.41) is 0.737. The van der Waals surface area contributed by atoms with Gasteiger partial charge < -0.3 is 8.60 Å². The van der Waals surface area contributed by atoms with E-state index in [1.807, 2.05) is 6.92 Å². The summed E-state index contributed by atoms with van der Waals surface area (Å²) in [6.45, 7) is 1.87. The van der Waals surface area contributed by atoms with Crippen LogP contribution in [0.25, 0.3) is 11.0 Å². The van der Waals surface area contributed by atoms with Crippen LogP contribution in [0.15, 0.2) is 27.4 Å². The van der Waals surface area contributed by atoms with Crippen LogP contribution >= 0.6 is 0 Å². The Kier molecular flexibility index (Phi) is 5.15. The molecular formula is C18H22O6S. The van der Waals surface area contributed by atoms with Crippen molar-refractivity contribution in [3.63, 3.8) is 0 Å². The Morgan fingerprint density at radius 2 is 1.96 bits per heavy atom. The molecule has 136 valence electrons. The minimum Gasteiger partial charge on any atom is -0.422 e. The van der Waals surface area contributed by atoms with Crippen LogP contribution in [0, 0.1) is 12.8 Å². The van der Waals surface area contributed by atoms with Gasteiger partial charge in [-0.25, -0.2) is 4.79 Å². The minimum atomic E-state index is -4.62. The molecule has 1 saturated carbocycles. The summed E-state index contributed by atoms with van der Waals surface area (Å²) in [6, 6.07) is 4.36. The van der Waals surface area contributed by atoms with Crippen molar-refractivity contribution in [3.8, 4) is 5.75 Å². The van der Waals surface area contributed by atoms with E-state index in [-0.39, 0.29) is 11.3 Å². The smallest absolute Gasteiger partial charge is 0.422 e. The lowest BCUT2D eigenvalue weighted by Crippen LogP contribution is -2.14. The lowest BCUT2D eigenvalue weighted by atomic mass is 9.85. The second-order valence-electron chi connectivity index (χ2n) is 6.70. The fraction of sp³-hybridized carbons (Fsp3) is 0.500. The summed E-state index contributed by atoms with van der Waals surface area (Å²) < 4.78 is 40.1. The van der Waals surface area contributed by atoms with E-state index in [0.717, 1.165) is 17.4 Å². The lowest BCUT2D eigenvalue weighted by Gasteiger charge is -2.21. The van der Waals surface area contributed by atoms with E-state index in [1.165, 1.54) is 44.2 Å². The van der Waals surface area contributed by atoms with Gasteiger partial charge in [-0.1, -0.05) is 32.1 Å². The molecule has 2 aromatic rings. The molecule has 3 rings (SSSR count). The van der Waals surface area contributed by atoms with Gasteiger partial charge in [0, 0.05) is 17.0 Å². The molecule has 0 spiro atoms. The molecule has 1 aliphatic carbocycles. The Hall–Kier alpha value is -1.86. The van der Waals surface area contributed by atoms with Crippen LogP contribution in [0.1, 0.15) is 49.7 Å². The van der Waals surface area contributed by atoms with Crippen LogP contribution in [0.3, 0.4) is 0 Å². The topological polar surface area (TPSA) is 93.8 Å². The van der Waals surface area contributed by atoms with Gasteiger partial charge in [-0.2, -0.15) is 8.42 Å². The summed E-state index contributed by atoms with van der Waals surface area (Å²) in [5.74, 6) is 0.571. The third-order valence-electron chi connectivity index (χ3n) is 4.99. The molecule has 1 aromatic heterocycles. The molecule has 25 heavy (non-hydrogen) atoms. The second kappa shape index (κ2) is 7.17. The summed E-state index contributed by atoms with van der Waals surface area (Å²) in [4.78, 5) is 12.3. The third-order valence-corrected chi connectivity index (χ3v) is 5.39. The SMILES string of the molecule is Cc1c(CCC2CCCCC2)c(=O)oc2cc(OS(=O)(=O)O)ccc12. The van der Waals surface area contributed by atoms with Crippen molar-refractivity contribution in [1.29, 1.82) is 0 Å². The molecule has 0 amide bonds. The van der Waals surface area contributed by atoms with E-state index in [2.05, 4.69) is 4.18 Å². The van der Waals surface area contributed by atoms with Crippen molar-refractivity contribution in [2.24, 2.45) is 5.92 Å². The molecule has 6 nitrogen and oxygen atoms in total. The van der Waals surface area contributed by atoms with Gasteiger partial charge in [0.05, 0.1) is 0 Å². The molecule has 0 atom stereocenters. The molecule has 0 aliphatic heterocycles. The third kappa shape index (κ3) is 4.41. The van der Waals surface area contributed by atoms with Crippen LogP contribution in [0.2, 0.25) is 0 Å². The molecule has 0 radical (unpaired) electrons. The zero-order valence-electron chi connectivity index (χ0n) is 14.2. The lowest BCUT2D eigenvalue weighted by molar-refractivity contribution is 0.338. The molecule has 1 aromatic carbocycles. The van der Waals surface area contributed by atoms with Gasteiger partial charge in [-0.3, -0.25) is 4.55 Å². The fourth-order valence-electron chi connectivity index (χ4n) is 3.66. The Balaban J connectivity index is 1.87. The number of aryl methyl sites for hydroxylation is 1. The van der Waals surface area contributed by atoms with Crippen LogP contribution in [0.4, 0.5) is 0 Å². The standard InChI is InChI=1S/C18H22O6S/c1-12-15-10-8-14(24-25(20,21)22)11-17(15)23-18(19)16(12)9-7-13-5-3-2-4-6-13/h8,10-11,13H,2-7,9H2,1H3,(H,20,21,22). The quantitative estimate of drug-likeness (QED) is 0.639. The van der Waals surface area contributed by atoms with Crippen LogP contribution in [-0.2, 0) is 16.8 Å². The second-order valence-corrected chi connectivity index (χ2v) is 7.73. The van der Waals surface area contributed by atoms with E-state index in [4.69, 9.17) is 8.97 Å². The highest BCUT2D eigenvalue weighted by molar-refractivity contribution is 7.81. The van der Waals surface area contributed by atoms with Gasteiger partial charge in [0.2, 0.25) is 0 Å². The first-order chi connectivity index (χ1) is 11.8. The Morgan fingerprint density at radius 3 is 2.64 bits per heavy atom. The summed E-state index contributed by atoms with van der Waals surface area (Å²) >= 11 is 0. The zero-order chi connectivity index (χ0) is 18.0. The Bertz CT molecular complexity index is 922. The van der Waals surface area contributed by atoms with Crippen LogP contribution < -0.4 is 9.81 Å². The first kappa shape index (κ1) is 17.9. The molecular weight excluding hydrogens is 344 g/mol. The van der Waals surface area contributed by atoms with Crippen molar-refractivity contribution in [2.75, 3.05) is 0 Å². The normalized spacial score (nSPS) is 16.2. The van der Waals surface area contributed by atoms with Crippen LogP contribution in [0.5, 0.6) is 5.75 Å². The largest absolute Gasteiger partial charge is 0.446 e. The van der Waals surface area contributed by atoms with Gasteiger partial charge >= 0.3 is 16.0 Å². The Labute approximate surface area is 146 Å². The molecule has 1 fully saturated rings. The van der Waals surface area contributed by atoms with Gasteiger partial charge in [0.25, 0.3) is 0 Å². The first-order valence-electron chi connectivity index (χ1n) is 8.57. The molecule has 7 heteroatoms. The van der Waals surface area contributed by atoms with E-state index >= 15 is 0 Å². The highest BCUT2D eigenvalue weighted by atomic mass is 32.3. The van der Waals surface area contributed by atoms with Crippen molar-refractivity contribution in [3.05, 3.63) is 39.7 Å². The van der Waals surface area contributed by atoms with E-state index in [1.54, 1.807) is 6.07 Å². The summed E-state index contributed by atoms with van der Waals surface area (Å²) in [6.07, 6.45) is 7.99. The molecule has 0 bridgehead atoms. The van der Waals surface area contributed by atoms with Gasteiger partial charge in [0.1, 0.15) is 11.3 Å². The van der Waals surface area contributed by atoms with Gasteiger partial charge in [-0.05, 0) is 43.4 Å². The molecule has 0 unspecified atom stereocenters. The van der Waals surface area contributed by atoms with Crippen molar-refractivity contribution in [2.45, 2.75) is 51.9 Å². The number of rotatable bonds is 5. The predicted octanol–water partition coefficient (Wildman–Crippen LogP) is 3.80. The van der Waals surface area contributed by atoms with Gasteiger partial charge in [-0.15, -0.1) is 0 Å². The monoisotopic (exact) mass is 366 g/mol. The maximum atomic E-state index is 12.3. The summed E-state index contributed by atoms with van der Waals surface area (Å²) in [5.41, 5.74) is 1.37. The minimum absolute atomic E-state index is 0.104. The van der Waals surface area contributed by atoms with E-state index < -0.39 is 16.0 Å². The predicted molar refractivity (Wildman–Crippen MR) is 94.3 cm³/mol. The maximum absolute atomic E-state index is 12.3. The van der Waals surface area contributed by atoms with E-state index in [0.29, 0.717) is 17.9 Å². The molecule has 1 N–H and O–H groups in total. The highest BCUT2D eigenvalue weighted by Crippen LogP contribution is 2.29. The molecule has 1 aliphatic rings. The zero-order valence-corrected chi connectivity index (χ0v) is 15.0. The number of benzene rings is 1. The van der Waals surface area contributed by atoms with Crippen LogP contribution in [-0.4, -0.2) is 13.0 Å². The van der Waals surface area contributed by atoms with Crippen molar-refractivity contribution >= 4 is 21.4 Å². The van der Waals surface area contributed by atoms with Crippen molar-refractivity contribution < 1.29 is 21.6 Å². The first-order valence-corrected chi connectivity index (χ1v) is 9.93. The Morgan fingerprint density at radius 1 is 1.24 bits per heavy atom. The number of hydrogen-bond donors (Lipinski definition) is 1. The average Bonchev–Trinajstić information content (AvgIpc) is 2.54.